The van der Waals surface area contributed by atoms with E-state index in [0.29, 0.717) is 32.0 Å². The van der Waals surface area contributed by atoms with Gasteiger partial charge in [0.25, 0.3) is 0 Å². The van der Waals surface area contributed by atoms with Gasteiger partial charge in [0, 0.05) is 32.5 Å². The molecule has 4 rings (SSSR count). The lowest BCUT2D eigenvalue weighted by molar-refractivity contribution is -0.130. The largest absolute Gasteiger partial charge is 0.494 e. The van der Waals surface area contributed by atoms with Crippen molar-refractivity contribution in [3.8, 4) is 5.75 Å². The zero-order valence-electron chi connectivity index (χ0n) is 25.5. The maximum Gasteiger partial charge on any atom is 0.315 e. The summed E-state index contributed by atoms with van der Waals surface area (Å²) in [6, 6.07) is 31.7. The predicted molar refractivity (Wildman–Crippen MR) is 175 cm³/mol. The molecule has 0 spiro atoms. The molecule has 0 aromatic heterocycles. The number of carbonyl (C=O) groups is 3. The van der Waals surface area contributed by atoms with Gasteiger partial charge in [0.05, 0.1) is 6.61 Å². The van der Waals surface area contributed by atoms with Gasteiger partial charge in [0.15, 0.2) is 0 Å². The summed E-state index contributed by atoms with van der Waals surface area (Å²) in [6.07, 6.45) is 0.491. The lowest BCUT2D eigenvalue weighted by atomic mass is 10.0. The Morgan fingerprint density at radius 3 is 1.69 bits per heavy atom. The average Bonchev–Trinajstić information content (AvgIpc) is 3.07. The van der Waals surface area contributed by atoms with Crippen molar-refractivity contribution in [1.82, 2.24) is 21.3 Å². The minimum absolute atomic E-state index is 0.212. The van der Waals surface area contributed by atoms with Gasteiger partial charge in [-0.25, -0.2) is 4.79 Å². The molecular weight excluding hydrogens is 566 g/mol. The van der Waals surface area contributed by atoms with Crippen LogP contribution in [0.4, 0.5) is 4.79 Å². The molecule has 9 heteroatoms. The van der Waals surface area contributed by atoms with Crippen LogP contribution in [0.2, 0.25) is 0 Å². The molecular formula is C36H41N5O4. The summed E-state index contributed by atoms with van der Waals surface area (Å²) in [6.45, 7) is 3.48. The molecule has 9 nitrogen and oxygen atoms in total. The molecule has 4 aromatic rings. The highest BCUT2D eigenvalue weighted by molar-refractivity contribution is 5.92. The molecule has 0 aliphatic rings. The molecule has 0 bridgehead atoms. The van der Waals surface area contributed by atoms with E-state index in [2.05, 4.69) is 21.3 Å². The number of nitrogens with two attached hydrogens (primary N) is 1. The third-order valence-corrected chi connectivity index (χ3v) is 7.23. The number of benzene rings is 4. The Bertz CT molecular complexity index is 1500. The number of nitrogens with one attached hydrogen (secondary N) is 4. The van der Waals surface area contributed by atoms with E-state index in [0.717, 1.165) is 27.8 Å². The SMILES string of the molecule is CCOc1ccc(CC(NC(=O)NCc2ccccc2)C(=O)N[C@@H](Cc2ccccc2)C(=O)NCc2ccc(CN)cc2)cc1. The molecule has 0 saturated heterocycles. The number of amides is 4. The third-order valence-electron chi connectivity index (χ3n) is 7.23. The third kappa shape index (κ3) is 10.8. The molecule has 0 heterocycles. The van der Waals surface area contributed by atoms with Gasteiger partial charge in [-0.1, -0.05) is 97.1 Å². The van der Waals surface area contributed by atoms with Gasteiger partial charge >= 0.3 is 6.03 Å². The first-order valence-corrected chi connectivity index (χ1v) is 15.1. The van der Waals surface area contributed by atoms with E-state index in [4.69, 9.17) is 10.5 Å². The normalized spacial score (nSPS) is 12.0. The van der Waals surface area contributed by atoms with Crippen molar-refractivity contribution >= 4 is 17.8 Å². The predicted octanol–water partition coefficient (Wildman–Crippen LogP) is 4.00. The lowest BCUT2D eigenvalue weighted by Gasteiger charge is -2.24. The smallest absolute Gasteiger partial charge is 0.315 e. The standard InChI is InChI=1S/C36H41N5O4/c1-2-45-31-19-17-27(18-20-31)22-33(41-36(44)39-25-29-11-7-4-8-12-29)35(43)40-32(21-26-9-5-3-6-10-26)34(42)38-24-30-15-13-28(23-37)14-16-30/h3-20,32-33H,2,21-25,37H2,1H3,(H,38,42)(H,40,43)(H2,39,41,44)/t32-,33?/m0/s1. The molecule has 0 aliphatic carbocycles. The lowest BCUT2D eigenvalue weighted by Crippen LogP contribution is -2.56. The molecule has 45 heavy (non-hydrogen) atoms. The molecule has 6 N–H and O–H groups in total. The van der Waals surface area contributed by atoms with Crippen LogP contribution in [-0.2, 0) is 42.1 Å². The van der Waals surface area contributed by atoms with E-state index in [1.165, 1.54) is 0 Å². The fourth-order valence-electron chi connectivity index (χ4n) is 4.76. The fraction of sp³-hybridized carbons (Fsp3) is 0.250. The number of rotatable bonds is 15. The zero-order chi connectivity index (χ0) is 31.9. The van der Waals surface area contributed by atoms with Crippen molar-refractivity contribution in [3.05, 3.63) is 137 Å². The molecule has 0 fully saturated rings. The summed E-state index contributed by atoms with van der Waals surface area (Å²) in [5, 5.41) is 11.5. The zero-order valence-corrected chi connectivity index (χ0v) is 25.5. The van der Waals surface area contributed by atoms with Gasteiger partial charge in [-0.2, -0.15) is 0 Å². The number of urea groups is 1. The first-order chi connectivity index (χ1) is 21.9. The first kappa shape index (κ1) is 32.8. The van der Waals surface area contributed by atoms with Gasteiger partial charge in [0.2, 0.25) is 11.8 Å². The van der Waals surface area contributed by atoms with E-state index >= 15 is 0 Å². The minimum atomic E-state index is -0.950. The van der Waals surface area contributed by atoms with E-state index in [-0.39, 0.29) is 18.7 Å². The van der Waals surface area contributed by atoms with Crippen LogP contribution in [0.5, 0.6) is 5.75 Å². The number of hydrogen-bond donors (Lipinski definition) is 5. The highest BCUT2D eigenvalue weighted by Gasteiger charge is 2.27. The van der Waals surface area contributed by atoms with Crippen LogP contribution in [-0.4, -0.2) is 36.5 Å². The summed E-state index contributed by atoms with van der Waals surface area (Å²) < 4.78 is 5.54. The van der Waals surface area contributed by atoms with Crippen LogP contribution in [0.1, 0.15) is 34.7 Å². The Hall–Kier alpha value is -5.15. The first-order valence-electron chi connectivity index (χ1n) is 15.1. The van der Waals surface area contributed by atoms with Gasteiger partial charge in [-0.3, -0.25) is 9.59 Å². The summed E-state index contributed by atoms with van der Waals surface area (Å²) in [5.74, 6) is -0.0846. The van der Waals surface area contributed by atoms with E-state index in [1.54, 1.807) is 0 Å². The Labute approximate surface area is 264 Å². The van der Waals surface area contributed by atoms with Gasteiger partial charge in [-0.15, -0.1) is 0 Å². The molecule has 1 unspecified atom stereocenters. The Balaban J connectivity index is 1.49. The van der Waals surface area contributed by atoms with Gasteiger partial charge < -0.3 is 31.7 Å². The topological polar surface area (TPSA) is 135 Å². The minimum Gasteiger partial charge on any atom is -0.494 e. The summed E-state index contributed by atoms with van der Waals surface area (Å²) in [4.78, 5) is 40.3. The van der Waals surface area contributed by atoms with E-state index in [1.807, 2.05) is 116 Å². The van der Waals surface area contributed by atoms with Crippen LogP contribution in [0.15, 0.2) is 109 Å². The quantitative estimate of drug-likeness (QED) is 0.139. The van der Waals surface area contributed by atoms with E-state index in [9.17, 15) is 14.4 Å². The van der Waals surface area contributed by atoms with Gasteiger partial charge in [-0.05, 0) is 46.9 Å². The Morgan fingerprint density at radius 1 is 0.600 bits per heavy atom. The van der Waals surface area contributed by atoms with Crippen molar-refractivity contribution < 1.29 is 19.1 Å². The van der Waals surface area contributed by atoms with Crippen molar-refractivity contribution in [3.63, 3.8) is 0 Å². The van der Waals surface area contributed by atoms with Crippen LogP contribution in [0.25, 0.3) is 0 Å². The van der Waals surface area contributed by atoms with Crippen LogP contribution in [0.3, 0.4) is 0 Å². The maximum absolute atomic E-state index is 13.8. The van der Waals surface area contributed by atoms with Crippen molar-refractivity contribution in [1.29, 1.82) is 0 Å². The van der Waals surface area contributed by atoms with Crippen LogP contribution < -0.4 is 31.7 Å². The second-order valence-electron chi connectivity index (χ2n) is 10.6. The van der Waals surface area contributed by atoms with E-state index < -0.39 is 24.0 Å². The monoisotopic (exact) mass is 607 g/mol. The molecule has 4 amide bonds. The van der Waals surface area contributed by atoms with Crippen molar-refractivity contribution in [2.45, 2.75) is 51.5 Å². The fourth-order valence-corrected chi connectivity index (χ4v) is 4.76. The summed E-state index contributed by atoms with van der Waals surface area (Å²) in [7, 11) is 0. The average molecular weight is 608 g/mol. The van der Waals surface area contributed by atoms with Gasteiger partial charge in [0.1, 0.15) is 17.8 Å². The number of hydrogen-bond acceptors (Lipinski definition) is 5. The summed E-state index contributed by atoms with van der Waals surface area (Å²) >= 11 is 0. The molecule has 0 aliphatic heterocycles. The second-order valence-corrected chi connectivity index (χ2v) is 10.6. The maximum atomic E-state index is 13.8. The highest BCUT2D eigenvalue weighted by Crippen LogP contribution is 2.14. The van der Waals surface area contributed by atoms with Crippen molar-refractivity contribution in [2.24, 2.45) is 5.73 Å². The molecule has 0 saturated carbocycles. The molecule has 4 aromatic carbocycles. The second kappa shape index (κ2) is 17.2. The Morgan fingerprint density at radius 2 is 1.09 bits per heavy atom. The number of carbonyl (C=O) groups excluding carboxylic acids is 3. The van der Waals surface area contributed by atoms with Crippen LogP contribution in [0, 0.1) is 0 Å². The Kier molecular flexibility index (Phi) is 12.5. The summed E-state index contributed by atoms with van der Waals surface area (Å²) in [5.41, 5.74) is 10.3. The molecule has 2 atom stereocenters. The molecule has 234 valence electrons. The van der Waals surface area contributed by atoms with Crippen LogP contribution >= 0.6 is 0 Å². The molecule has 0 radical (unpaired) electrons. The highest BCUT2D eigenvalue weighted by atomic mass is 16.5. The number of ether oxygens (including phenoxy) is 1. The van der Waals surface area contributed by atoms with Crippen molar-refractivity contribution in [2.75, 3.05) is 6.61 Å².